The van der Waals surface area contributed by atoms with Gasteiger partial charge in [0.05, 0.1) is 4.92 Å². The van der Waals surface area contributed by atoms with Crippen molar-refractivity contribution >= 4 is 24.0 Å². The number of H-pyrrole nitrogens is 1. The molecular weight excluding hydrogens is 322 g/mol. The summed E-state index contributed by atoms with van der Waals surface area (Å²) in [4.78, 5) is 25.0. The molecule has 0 aromatic carbocycles. The van der Waals surface area contributed by atoms with E-state index in [4.69, 9.17) is 5.73 Å². The number of carbonyl (C=O) groups excluding carboxylic acids is 1. The highest BCUT2D eigenvalue weighted by molar-refractivity contribution is 5.96. The van der Waals surface area contributed by atoms with Crippen LogP contribution in [0.2, 0.25) is 0 Å². The van der Waals surface area contributed by atoms with E-state index in [1.165, 1.54) is 0 Å². The van der Waals surface area contributed by atoms with Crippen LogP contribution in [0, 0.1) is 16.0 Å². The summed E-state index contributed by atoms with van der Waals surface area (Å²) in [6, 6.07) is 0.000391. The lowest BCUT2D eigenvalue weighted by molar-refractivity contribution is -0.385. The maximum Gasteiger partial charge on any atom is 0.322 e. The smallest absolute Gasteiger partial charge is 0.322 e. The molecule has 1 saturated heterocycles. The van der Waals surface area contributed by atoms with Crippen molar-refractivity contribution in [3.63, 3.8) is 0 Å². The van der Waals surface area contributed by atoms with E-state index in [1.54, 1.807) is 4.90 Å². The minimum absolute atomic E-state index is 0. The number of hydrogen-bond donors (Lipinski definition) is 2. The van der Waals surface area contributed by atoms with Crippen LogP contribution in [0.5, 0.6) is 0 Å². The lowest BCUT2D eigenvalue weighted by atomic mass is 9.92. The van der Waals surface area contributed by atoms with Crippen molar-refractivity contribution in [2.45, 2.75) is 45.6 Å². The highest BCUT2D eigenvalue weighted by Crippen LogP contribution is 2.26. The number of carbonyl (C=O) groups is 1. The van der Waals surface area contributed by atoms with Gasteiger partial charge in [0.1, 0.15) is 5.69 Å². The maximum atomic E-state index is 12.6. The molecule has 1 aliphatic heterocycles. The minimum Gasteiger partial charge on any atom is -0.337 e. The molecule has 2 atom stereocenters. The topological polar surface area (TPSA) is 118 Å². The lowest BCUT2D eigenvalue weighted by Gasteiger charge is -2.34. The van der Waals surface area contributed by atoms with E-state index in [1.807, 2.05) is 13.8 Å². The van der Waals surface area contributed by atoms with Gasteiger partial charge >= 0.3 is 5.69 Å². The number of halogens is 1. The molecule has 2 heterocycles. The highest BCUT2D eigenvalue weighted by Gasteiger charge is 2.34. The Balaban J connectivity index is 0.00000264. The van der Waals surface area contributed by atoms with Crippen molar-refractivity contribution in [1.82, 2.24) is 15.1 Å². The van der Waals surface area contributed by atoms with Gasteiger partial charge in [0.15, 0.2) is 0 Å². The van der Waals surface area contributed by atoms with Crippen LogP contribution < -0.4 is 5.73 Å². The fraction of sp³-hybridized carbons (Fsp3) is 0.714. The molecule has 1 fully saturated rings. The van der Waals surface area contributed by atoms with E-state index in [0.717, 1.165) is 19.3 Å². The summed E-state index contributed by atoms with van der Waals surface area (Å²) in [5.41, 5.74) is 6.07. The van der Waals surface area contributed by atoms with Gasteiger partial charge in [-0.05, 0) is 32.1 Å². The molecule has 8 nitrogen and oxygen atoms in total. The second-order valence-electron chi connectivity index (χ2n) is 5.92. The van der Waals surface area contributed by atoms with Crippen LogP contribution in [0.4, 0.5) is 5.69 Å². The minimum atomic E-state index is -0.519. The number of aryl methyl sites for hydroxylation is 1. The average molecular weight is 346 g/mol. The van der Waals surface area contributed by atoms with Crippen LogP contribution >= 0.6 is 12.4 Å². The van der Waals surface area contributed by atoms with Crippen LogP contribution in [0.3, 0.4) is 0 Å². The molecule has 1 aromatic heterocycles. The van der Waals surface area contributed by atoms with Gasteiger partial charge in [-0.1, -0.05) is 13.3 Å². The summed E-state index contributed by atoms with van der Waals surface area (Å²) < 4.78 is 0. The molecule has 0 spiro atoms. The van der Waals surface area contributed by atoms with Crippen molar-refractivity contribution in [2.75, 3.05) is 13.1 Å². The quantitative estimate of drug-likeness (QED) is 0.624. The third kappa shape index (κ3) is 4.20. The van der Waals surface area contributed by atoms with Gasteiger partial charge in [-0.2, -0.15) is 5.10 Å². The van der Waals surface area contributed by atoms with Crippen molar-refractivity contribution in [3.05, 3.63) is 21.5 Å². The zero-order chi connectivity index (χ0) is 16.3. The fourth-order valence-corrected chi connectivity index (χ4v) is 2.92. The molecule has 0 radical (unpaired) electrons. The Kier molecular flexibility index (Phi) is 6.96. The molecule has 2 rings (SSSR count). The molecule has 0 bridgehead atoms. The molecule has 130 valence electrons. The van der Waals surface area contributed by atoms with Crippen LogP contribution in [-0.2, 0) is 6.42 Å². The second-order valence-corrected chi connectivity index (χ2v) is 5.92. The summed E-state index contributed by atoms with van der Waals surface area (Å²) in [5.74, 6) is -0.151. The third-order valence-electron chi connectivity index (χ3n) is 4.19. The normalized spacial score (nSPS) is 19.1. The van der Waals surface area contributed by atoms with Crippen molar-refractivity contribution in [3.8, 4) is 0 Å². The zero-order valence-electron chi connectivity index (χ0n) is 13.4. The predicted molar refractivity (Wildman–Crippen MR) is 88.8 cm³/mol. The molecule has 2 unspecified atom stereocenters. The van der Waals surface area contributed by atoms with E-state index < -0.39 is 4.92 Å². The Bertz CT molecular complexity index is 561. The Morgan fingerprint density at radius 2 is 2.30 bits per heavy atom. The number of aromatic nitrogens is 2. The molecule has 0 saturated carbocycles. The van der Waals surface area contributed by atoms with Crippen molar-refractivity contribution in [1.29, 1.82) is 0 Å². The standard InChI is InChI=1S/C14H23N5O3.ClH/c1-3-5-11-13(19(21)22)12(17-16-11)14(20)18-7-4-6-10(8-18)9(2)15;/h9-10H,3-8,15H2,1-2H3,(H,16,17);1H. The Labute approximate surface area is 141 Å². The number of nitrogens with zero attached hydrogens (tertiary/aromatic N) is 3. The molecule has 0 aliphatic carbocycles. The summed E-state index contributed by atoms with van der Waals surface area (Å²) in [6.07, 6.45) is 3.08. The van der Waals surface area contributed by atoms with Gasteiger partial charge in [-0.3, -0.25) is 20.0 Å². The highest BCUT2D eigenvalue weighted by atomic mass is 35.5. The Hall–Kier alpha value is -1.67. The number of rotatable bonds is 5. The van der Waals surface area contributed by atoms with Crippen LogP contribution in [-0.4, -0.2) is 45.1 Å². The molecular formula is C14H24ClN5O3. The van der Waals surface area contributed by atoms with Gasteiger partial charge in [0.2, 0.25) is 5.69 Å². The van der Waals surface area contributed by atoms with E-state index >= 15 is 0 Å². The van der Waals surface area contributed by atoms with Gasteiger partial charge in [-0.25, -0.2) is 0 Å². The fourth-order valence-electron chi connectivity index (χ4n) is 2.92. The van der Waals surface area contributed by atoms with Crippen molar-refractivity contribution in [2.24, 2.45) is 11.7 Å². The number of aromatic amines is 1. The number of hydrogen-bond acceptors (Lipinski definition) is 5. The van der Waals surface area contributed by atoms with Crippen molar-refractivity contribution < 1.29 is 9.72 Å². The van der Waals surface area contributed by atoms with Gasteiger partial charge < -0.3 is 10.6 Å². The summed E-state index contributed by atoms with van der Waals surface area (Å²) >= 11 is 0. The molecule has 1 amide bonds. The Morgan fingerprint density at radius 3 is 2.87 bits per heavy atom. The first kappa shape index (κ1) is 19.4. The number of nitrogens with one attached hydrogen (secondary N) is 1. The molecule has 1 aliphatic rings. The number of likely N-dealkylation sites (tertiary alicyclic amines) is 1. The zero-order valence-corrected chi connectivity index (χ0v) is 14.3. The molecule has 9 heteroatoms. The Morgan fingerprint density at radius 1 is 1.61 bits per heavy atom. The second kappa shape index (κ2) is 8.26. The number of amides is 1. The first-order valence-electron chi connectivity index (χ1n) is 7.72. The number of nitrogens with two attached hydrogens (primary N) is 1. The third-order valence-corrected chi connectivity index (χ3v) is 4.19. The van der Waals surface area contributed by atoms with E-state index in [0.29, 0.717) is 25.2 Å². The maximum absolute atomic E-state index is 12.6. The predicted octanol–water partition coefficient (Wildman–Crippen LogP) is 1.89. The molecule has 1 aromatic rings. The van der Waals surface area contributed by atoms with E-state index in [-0.39, 0.29) is 41.7 Å². The average Bonchev–Trinajstić information content (AvgIpc) is 2.91. The van der Waals surface area contributed by atoms with Crippen LogP contribution in [0.15, 0.2) is 0 Å². The first-order chi connectivity index (χ1) is 10.5. The van der Waals surface area contributed by atoms with Gasteiger partial charge in [-0.15, -0.1) is 12.4 Å². The van der Waals surface area contributed by atoms with Gasteiger partial charge in [0, 0.05) is 19.1 Å². The largest absolute Gasteiger partial charge is 0.337 e. The van der Waals surface area contributed by atoms with Gasteiger partial charge in [0.25, 0.3) is 5.91 Å². The SMILES string of the molecule is CCCc1[nH]nc(C(=O)N2CCCC(C(C)N)C2)c1[N+](=O)[O-].Cl. The summed E-state index contributed by atoms with van der Waals surface area (Å²) in [5, 5.41) is 17.9. The molecule has 3 N–H and O–H groups in total. The summed E-state index contributed by atoms with van der Waals surface area (Å²) in [7, 11) is 0. The van der Waals surface area contributed by atoms with Crippen LogP contribution in [0.1, 0.15) is 49.3 Å². The first-order valence-corrected chi connectivity index (χ1v) is 7.72. The lowest BCUT2D eigenvalue weighted by Crippen LogP contribution is -2.45. The molecule has 23 heavy (non-hydrogen) atoms. The van der Waals surface area contributed by atoms with E-state index in [2.05, 4.69) is 10.2 Å². The number of nitro groups is 1. The van der Waals surface area contributed by atoms with E-state index in [9.17, 15) is 14.9 Å². The van der Waals surface area contributed by atoms with Crippen LogP contribution in [0.25, 0.3) is 0 Å². The monoisotopic (exact) mass is 345 g/mol. The summed E-state index contributed by atoms with van der Waals surface area (Å²) in [6.45, 7) is 4.97. The number of piperidine rings is 1.